The predicted molar refractivity (Wildman–Crippen MR) is 316 cm³/mol. The minimum absolute atomic E-state index is 0.0715. The summed E-state index contributed by atoms with van der Waals surface area (Å²) in [6.45, 7) is 6.67. The van der Waals surface area contributed by atoms with Crippen LogP contribution in [0, 0.1) is 0 Å². The molecule has 1 atom stereocenters. The zero-order valence-electron chi connectivity index (χ0n) is 49.2. The molecule has 0 radical (unpaired) electrons. The number of ether oxygens (including phenoxy) is 3. The van der Waals surface area contributed by atoms with Crippen molar-refractivity contribution in [2.75, 3.05) is 13.2 Å². The maximum Gasteiger partial charge on any atom is 0.306 e. The van der Waals surface area contributed by atoms with Crippen molar-refractivity contribution < 1.29 is 28.6 Å². The normalized spacial score (nSPS) is 12.2. The Kier molecular flexibility index (Phi) is 60.2. The molecule has 0 aliphatic heterocycles. The van der Waals surface area contributed by atoms with Crippen molar-refractivity contribution in [2.24, 2.45) is 0 Å². The van der Waals surface area contributed by atoms with Crippen LogP contribution in [0.2, 0.25) is 0 Å². The molecule has 0 bridgehead atoms. The summed E-state index contributed by atoms with van der Waals surface area (Å²) in [5, 5.41) is 0. The molecule has 0 heterocycles. The zero-order chi connectivity index (χ0) is 52.9. The van der Waals surface area contributed by atoms with Gasteiger partial charge < -0.3 is 14.2 Å². The fraction of sp³-hybridized carbons (Fsp3) is 0.866. The lowest BCUT2D eigenvalue weighted by molar-refractivity contribution is -0.167. The van der Waals surface area contributed by atoms with Gasteiger partial charge in [0.15, 0.2) is 6.10 Å². The largest absolute Gasteiger partial charge is 0.462 e. The average Bonchev–Trinajstić information content (AvgIpc) is 3.39. The Bertz CT molecular complexity index is 1220. The highest BCUT2D eigenvalue weighted by Crippen LogP contribution is 2.17. The molecular formula is C67H124O6. The number of rotatable bonds is 60. The van der Waals surface area contributed by atoms with Crippen LogP contribution in [0.1, 0.15) is 355 Å². The molecule has 0 fully saturated rings. The molecule has 0 saturated heterocycles. The first-order valence-electron chi connectivity index (χ1n) is 32.5. The Balaban J connectivity index is 4.34. The van der Waals surface area contributed by atoms with Gasteiger partial charge in [0.2, 0.25) is 0 Å². The molecule has 0 amide bonds. The molecule has 0 aliphatic rings. The van der Waals surface area contributed by atoms with Crippen molar-refractivity contribution in [3.8, 4) is 0 Å². The topological polar surface area (TPSA) is 78.9 Å². The molecule has 0 aromatic rings. The van der Waals surface area contributed by atoms with Gasteiger partial charge in [0.05, 0.1) is 0 Å². The summed E-state index contributed by atoms with van der Waals surface area (Å²) in [7, 11) is 0. The molecule has 0 N–H and O–H groups in total. The molecule has 6 heteroatoms. The zero-order valence-corrected chi connectivity index (χ0v) is 49.2. The molecule has 0 rings (SSSR count). The number of esters is 3. The second-order valence-corrected chi connectivity index (χ2v) is 22.0. The Labute approximate surface area is 455 Å². The molecule has 6 nitrogen and oxygen atoms in total. The SMILES string of the molecule is CCCCC/C=C/C/C=C/CCCCCCCCCC(=O)OC[C@H](COC(=O)CCCCCCCCCCC/C=C/CCCCCCCC)OC(=O)CCCCCCCCCCCCCCCCCCCCC. The molecule has 0 aromatic heterocycles. The van der Waals surface area contributed by atoms with Gasteiger partial charge in [-0.1, -0.05) is 295 Å². The maximum absolute atomic E-state index is 12.9. The summed E-state index contributed by atoms with van der Waals surface area (Å²) in [5.41, 5.74) is 0. The van der Waals surface area contributed by atoms with E-state index in [2.05, 4.69) is 57.2 Å². The first-order valence-corrected chi connectivity index (χ1v) is 32.5. The van der Waals surface area contributed by atoms with Crippen molar-refractivity contribution in [1.29, 1.82) is 0 Å². The van der Waals surface area contributed by atoms with Crippen molar-refractivity contribution in [3.63, 3.8) is 0 Å². The Morgan fingerprint density at radius 1 is 0.274 bits per heavy atom. The lowest BCUT2D eigenvalue weighted by Crippen LogP contribution is -2.30. The molecular weight excluding hydrogens is 901 g/mol. The molecule has 0 spiro atoms. The minimum atomic E-state index is -0.774. The Morgan fingerprint density at radius 2 is 0.493 bits per heavy atom. The van der Waals surface area contributed by atoms with Crippen molar-refractivity contribution in [2.45, 2.75) is 361 Å². The fourth-order valence-corrected chi connectivity index (χ4v) is 9.71. The minimum Gasteiger partial charge on any atom is -0.462 e. The van der Waals surface area contributed by atoms with Crippen LogP contribution in [0.5, 0.6) is 0 Å². The smallest absolute Gasteiger partial charge is 0.306 e. The van der Waals surface area contributed by atoms with Gasteiger partial charge in [0, 0.05) is 19.3 Å². The Morgan fingerprint density at radius 3 is 0.795 bits per heavy atom. The van der Waals surface area contributed by atoms with Gasteiger partial charge in [0.1, 0.15) is 13.2 Å². The van der Waals surface area contributed by atoms with E-state index < -0.39 is 6.10 Å². The van der Waals surface area contributed by atoms with E-state index in [1.165, 1.54) is 244 Å². The maximum atomic E-state index is 12.9. The third kappa shape index (κ3) is 60.4. The molecule has 0 aliphatic carbocycles. The molecule has 428 valence electrons. The summed E-state index contributed by atoms with van der Waals surface area (Å²) < 4.78 is 17.0. The van der Waals surface area contributed by atoms with Crippen molar-refractivity contribution in [1.82, 2.24) is 0 Å². The Hall–Kier alpha value is -2.37. The van der Waals surface area contributed by atoms with E-state index in [1.54, 1.807) is 0 Å². The lowest BCUT2D eigenvalue weighted by Gasteiger charge is -2.18. The standard InChI is InChI=1S/C67H124O6/c1-4-7-10-13-16-19-22-25-28-31-33-36-39-42-45-48-51-54-57-60-66(69)72-63-64(62-71-65(68)59-56-53-50-47-44-41-38-35-30-27-24-21-18-15-12-9-6-3)73-67(70)61-58-55-52-49-46-43-40-37-34-32-29-26-23-20-17-14-11-8-5-2/h18,21,25,27-28,30,64H,4-17,19-20,22-24,26,29,31-63H2,1-3H3/b21-18+,28-25+,30-27+/t64-/m1/s1. The van der Waals surface area contributed by atoms with E-state index in [9.17, 15) is 14.4 Å². The van der Waals surface area contributed by atoms with Crippen molar-refractivity contribution in [3.05, 3.63) is 36.5 Å². The van der Waals surface area contributed by atoms with Crippen LogP contribution in [0.3, 0.4) is 0 Å². The highest BCUT2D eigenvalue weighted by molar-refractivity contribution is 5.71. The summed E-state index contributed by atoms with van der Waals surface area (Å²) in [6.07, 6.45) is 75.7. The van der Waals surface area contributed by atoms with Gasteiger partial charge >= 0.3 is 17.9 Å². The second kappa shape index (κ2) is 62.2. The number of hydrogen-bond acceptors (Lipinski definition) is 6. The summed E-state index contributed by atoms with van der Waals surface area (Å²) in [5.74, 6) is -0.856. The number of hydrogen-bond donors (Lipinski definition) is 0. The first kappa shape index (κ1) is 70.6. The van der Waals surface area contributed by atoms with Gasteiger partial charge in [-0.25, -0.2) is 0 Å². The van der Waals surface area contributed by atoms with E-state index in [0.717, 1.165) is 70.6 Å². The van der Waals surface area contributed by atoms with Gasteiger partial charge in [-0.15, -0.1) is 0 Å². The van der Waals surface area contributed by atoms with Crippen LogP contribution < -0.4 is 0 Å². The second-order valence-electron chi connectivity index (χ2n) is 22.0. The highest BCUT2D eigenvalue weighted by Gasteiger charge is 2.19. The molecule has 73 heavy (non-hydrogen) atoms. The number of unbranched alkanes of at least 4 members (excludes halogenated alkanes) is 43. The third-order valence-electron chi connectivity index (χ3n) is 14.6. The number of carbonyl (C=O) groups is 3. The fourth-order valence-electron chi connectivity index (χ4n) is 9.71. The summed E-state index contributed by atoms with van der Waals surface area (Å²) in [4.78, 5) is 38.3. The van der Waals surface area contributed by atoms with Crippen LogP contribution in [0.4, 0.5) is 0 Å². The predicted octanol–water partition coefficient (Wildman–Crippen LogP) is 22.0. The van der Waals surface area contributed by atoms with Crippen LogP contribution >= 0.6 is 0 Å². The monoisotopic (exact) mass is 1020 g/mol. The third-order valence-corrected chi connectivity index (χ3v) is 14.6. The van der Waals surface area contributed by atoms with E-state index in [-0.39, 0.29) is 31.1 Å². The first-order chi connectivity index (χ1) is 36.0. The van der Waals surface area contributed by atoms with E-state index in [4.69, 9.17) is 14.2 Å². The van der Waals surface area contributed by atoms with Gasteiger partial charge in [0.25, 0.3) is 0 Å². The summed E-state index contributed by atoms with van der Waals surface area (Å²) in [6, 6.07) is 0. The van der Waals surface area contributed by atoms with E-state index >= 15 is 0 Å². The van der Waals surface area contributed by atoms with Crippen LogP contribution in [0.25, 0.3) is 0 Å². The lowest BCUT2D eigenvalue weighted by atomic mass is 10.0. The van der Waals surface area contributed by atoms with Crippen LogP contribution in [-0.4, -0.2) is 37.2 Å². The highest BCUT2D eigenvalue weighted by atomic mass is 16.6. The van der Waals surface area contributed by atoms with Crippen LogP contribution in [-0.2, 0) is 28.6 Å². The van der Waals surface area contributed by atoms with E-state index in [1.807, 2.05) is 0 Å². The van der Waals surface area contributed by atoms with Crippen molar-refractivity contribution >= 4 is 17.9 Å². The van der Waals surface area contributed by atoms with Gasteiger partial charge in [-0.05, 0) is 77.0 Å². The number of allylic oxidation sites excluding steroid dienone is 6. The average molecular weight is 1030 g/mol. The van der Waals surface area contributed by atoms with E-state index in [0.29, 0.717) is 19.3 Å². The van der Waals surface area contributed by atoms with Gasteiger partial charge in [-0.3, -0.25) is 14.4 Å². The molecule has 0 unspecified atom stereocenters. The molecule has 0 aromatic carbocycles. The number of carbonyl (C=O) groups excluding carboxylic acids is 3. The quantitative estimate of drug-likeness (QED) is 0.0261. The molecule has 0 saturated carbocycles. The summed E-state index contributed by atoms with van der Waals surface area (Å²) >= 11 is 0. The van der Waals surface area contributed by atoms with Gasteiger partial charge in [-0.2, -0.15) is 0 Å². The van der Waals surface area contributed by atoms with Crippen LogP contribution in [0.15, 0.2) is 36.5 Å².